The first kappa shape index (κ1) is 21.8. The standard InChI is InChI=1S/C16H29F3N4.HI/c1-3-15(6-4-7-15)11-22-14(20-2)21-9-13-5-8-23(10-13)12-16(17,18)19;/h13H,3-12H2,1-2H3,(H2,20,21,22);1H. The van der Waals surface area contributed by atoms with E-state index in [1.165, 1.54) is 30.6 Å². The summed E-state index contributed by atoms with van der Waals surface area (Å²) in [6, 6.07) is 0. The molecule has 4 nitrogen and oxygen atoms in total. The number of aliphatic imine (C=N–C) groups is 1. The lowest BCUT2D eigenvalue weighted by atomic mass is 9.67. The monoisotopic (exact) mass is 462 g/mol. The highest BCUT2D eigenvalue weighted by atomic mass is 127. The molecule has 0 aromatic rings. The Kier molecular flexibility index (Phi) is 8.58. The van der Waals surface area contributed by atoms with Gasteiger partial charge in [0.2, 0.25) is 0 Å². The lowest BCUT2D eigenvalue weighted by Gasteiger charge is -2.41. The summed E-state index contributed by atoms with van der Waals surface area (Å²) in [7, 11) is 1.74. The van der Waals surface area contributed by atoms with Gasteiger partial charge in [0.05, 0.1) is 6.54 Å². The zero-order chi connectivity index (χ0) is 16.9. The van der Waals surface area contributed by atoms with Crippen molar-refractivity contribution in [1.29, 1.82) is 0 Å². The van der Waals surface area contributed by atoms with E-state index in [4.69, 9.17) is 0 Å². The Morgan fingerprint density at radius 1 is 1.29 bits per heavy atom. The van der Waals surface area contributed by atoms with E-state index in [9.17, 15) is 13.2 Å². The Bertz CT molecular complexity index is 405. The third-order valence-electron chi connectivity index (χ3n) is 5.35. The van der Waals surface area contributed by atoms with Crippen molar-refractivity contribution in [3.8, 4) is 0 Å². The molecule has 1 aliphatic heterocycles. The van der Waals surface area contributed by atoms with Crippen LogP contribution in [-0.4, -0.2) is 56.8 Å². The fraction of sp³-hybridized carbons (Fsp3) is 0.938. The maximum Gasteiger partial charge on any atom is 0.401 e. The topological polar surface area (TPSA) is 39.7 Å². The first-order valence-electron chi connectivity index (χ1n) is 8.59. The Hall–Kier alpha value is -0.250. The van der Waals surface area contributed by atoms with Gasteiger partial charge in [0.15, 0.2) is 5.96 Å². The van der Waals surface area contributed by atoms with Gasteiger partial charge in [-0.2, -0.15) is 13.2 Å². The fourth-order valence-corrected chi connectivity index (χ4v) is 3.54. The average Bonchev–Trinajstić information content (AvgIpc) is 2.86. The number of hydrogen-bond donors (Lipinski definition) is 2. The fourth-order valence-electron chi connectivity index (χ4n) is 3.54. The Labute approximate surface area is 160 Å². The van der Waals surface area contributed by atoms with Gasteiger partial charge < -0.3 is 10.6 Å². The minimum atomic E-state index is -4.10. The Morgan fingerprint density at radius 2 is 2.00 bits per heavy atom. The van der Waals surface area contributed by atoms with E-state index in [0.717, 1.165) is 18.9 Å². The number of nitrogens with one attached hydrogen (secondary N) is 2. The molecular weight excluding hydrogens is 432 g/mol. The summed E-state index contributed by atoms with van der Waals surface area (Å²) in [4.78, 5) is 5.71. The van der Waals surface area contributed by atoms with Crippen LogP contribution in [0.15, 0.2) is 4.99 Å². The smallest absolute Gasteiger partial charge is 0.356 e. The van der Waals surface area contributed by atoms with Gasteiger partial charge in [-0.3, -0.25) is 9.89 Å². The van der Waals surface area contributed by atoms with Crippen molar-refractivity contribution >= 4 is 29.9 Å². The van der Waals surface area contributed by atoms with Gasteiger partial charge in [0.1, 0.15) is 0 Å². The van der Waals surface area contributed by atoms with Crippen molar-refractivity contribution < 1.29 is 13.2 Å². The number of halogens is 4. The molecule has 0 aromatic carbocycles. The molecule has 2 N–H and O–H groups in total. The van der Waals surface area contributed by atoms with E-state index in [2.05, 4.69) is 22.5 Å². The lowest BCUT2D eigenvalue weighted by molar-refractivity contribution is -0.143. The average molecular weight is 462 g/mol. The molecule has 8 heteroatoms. The van der Waals surface area contributed by atoms with Crippen LogP contribution in [-0.2, 0) is 0 Å². The summed E-state index contributed by atoms with van der Waals surface area (Å²) < 4.78 is 37.2. The van der Waals surface area contributed by atoms with E-state index in [-0.39, 0.29) is 29.9 Å². The van der Waals surface area contributed by atoms with Crippen molar-refractivity contribution in [2.45, 2.75) is 45.2 Å². The normalized spacial score (nSPS) is 24.2. The molecule has 2 rings (SSSR count). The number of hydrogen-bond acceptors (Lipinski definition) is 2. The van der Waals surface area contributed by atoms with Crippen molar-refractivity contribution in [2.75, 3.05) is 39.8 Å². The molecule has 2 fully saturated rings. The molecule has 1 unspecified atom stereocenters. The molecule has 24 heavy (non-hydrogen) atoms. The molecule has 0 bridgehead atoms. The van der Waals surface area contributed by atoms with Crippen LogP contribution in [0.5, 0.6) is 0 Å². The Morgan fingerprint density at radius 3 is 2.50 bits per heavy atom. The van der Waals surface area contributed by atoms with Crippen LogP contribution in [0.2, 0.25) is 0 Å². The second-order valence-electron chi connectivity index (χ2n) is 7.02. The summed E-state index contributed by atoms with van der Waals surface area (Å²) in [5.41, 5.74) is 0.411. The van der Waals surface area contributed by atoms with Crippen molar-refractivity contribution in [2.24, 2.45) is 16.3 Å². The van der Waals surface area contributed by atoms with E-state index < -0.39 is 12.7 Å². The van der Waals surface area contributed by atoms with E-state index in [1.807, 2.05) is 0 Å². The SMILES string of the molecule is CCC1(CNC(=NC)NCC2CCN(CC(F)(F)F)C2)CCC1.I. The number of guanidine groups is 1. The summed E-state index contributed by atoms with van der Waals surface area (Å²) in [5, 5.41) is 6.65. The van der Waals surface area contributed by atoms with Gasteiger partial charge in [0.25, 0.3) is 0 Å². The molecule has 1 heterocycles. The Balaban J connectivity index is 0.00000288. The highest BCUT2D eigenvalue weighted by Crippen LogP contribution is 2.42. The summed E-state index contributed by atoms with van der Waals surface area (Å²) in [5.74, 6) is 1.01. The second kappa shape index (κ2) is 9.45. The third kappa shape index (κ3) is 6.57. The van der Waals surface area contributed by atoms with Crippen molar-refractivity contribution in [1.82, 2.24) is 15.5 Å². The molecule has 0 amide bonds. The molecule has 0 radical (unpaired) electrons. The molecule has 1 aliphatic carbocycles. The van der Waals surface area contributed by atoms with E-state index in [0.29, 0.717) is 25.0 Å². The molecule has 0 spiro atoms. The van der Waals surface area contributed by atoms with Crippen LogP contribution in [0.3, 0.4) is 0 Å². The second-order valence-corrected chi connectivity index (χ2v) is 7.02. The van der Waals surface area contributed by atoms with Crippen LogP contribution in [0.1, 0.15) is 39.0 Å². The minimum Gasteiger partial charge on any atom is -0.356 e. The van der Waals surface area contributed by atoms with Crippen molar-refractivity contribution in [3.05, 3.63) is 0 Å². The number of alkyl halides is 3. The van der Waals surface area contributed by atoms with Crippen LogP contribution >= 0.6 is 24.0 Å². The maximum atomic E-state index is 12.4. The van der Waals surface area contributed by atoms with Gasteiger partial charge in [-0.1, -0.05) is 13.3 Å². The maximum absolute atomic E-state index is 12.4. The quantitative estimate of drug-likeness (QED) is 0.362. The number of nitrogens with zero attached hydrogens (tertiary/aromatic N) is 2. The summed E-state index contributed by atoms with van der Waals surface area (Å²) in [6.45, 7) is 4.06. The predicted molar refractivity (Wildman–Crippen MR) is 102 cm³/mol. The number of likely N-dealkylation sites (tertiary alicyclic amines) is 1. The van der Waals surface area contributed by atoms with Gasteiger partial charge in [0, 0.05) is 26.7 Å². The van der Waals surface area contributed by atoms with Crippen LogP contribution < -0.4 is 10.6 Å². The van der Waals surface area contributed by atoms with E-state index >= 15 is 0 Å². The van der Waals surface area contributed by atoms with E-state index in [1.54, 1.807) is 7.05 Å². The van der Waals surface area contributed by atoms with Crippen LogP contribution in [0.4, 0.5) is 13.2 Å². The van der Waals surface area contributed by atoms with Crippen LogP contribution in [0.25, 0.3) is 0 Å². The molecule has 142 valence electrons. The molecular formula is C16H30F3IN4. The van der Waals surface area contributed by atoms with Gasteiger partial charge in [-0.15, -0.1) is 24.0 Å². The molecule has 0 aromatic heterocycles. The predicted octanol–water partition coefficient (Wildman–Crippen LogP) is 3.23. The first-order chi connectivity index (χ1) is 10.9. The zero-order valence-corrected chi connectivity index (χ0v) is 16.9. The highest BCUT2D eigenvalue weighted by Gasteiger charge is 2.35. The van der Waals surface area contributed by atoms with Gasteiger partial charge in [-0.05, 0) is 43.6 Å². The largest absolute Gasteiger partial charge is 0.401 e. The summed E-state index contributed by atoms with van der Waals surface area (Å²) >= 11 is 0. The molecule has 1 saturated carbocycles. The summed E-state index contributed by atoms with van der Waals surface area (Å²) in [6.07, 6.45) is 1.71. The molecule has 1 atom stereocenters. The minimum absolute atomic E-state index is 0. The highest BCUT2D eigenvalue weighted by molar-refractivity contribution is 14.0. The number of rotatable bonds is 6. The first-order valence-corrected chi connectivity index (χ1v) is 8.59. The zero-order valence-electron chi connectivity index (χ0n) is 14.6. The third-order valence-corrected chi connectivity index (χ3v) is 5.35. The van der Waals surface area contributed by atoms with Gasteiger partial charge >= 0.3 is 6.18 Å². The lowest BCUT2D eigenvalue weighted by Crippen LogP contribution is -2.47. The van der Waals surface area contributed by atoms with Gasteiger partial charge in [-0.25, -0.2) is 0 Å². The molecule has 1 saturated heterocycles. The van der Waals surface area contributed by atoms with Crippen LogP contribution in [0, 0.1) is 11.3 Å². The molecule has 2 aliphatic rings. The van der Waals surface area contributed by atoms with Crippen molar-refractivity contribution in [3.63, 3.8) is 0 Å².